The van der Waals surface area contributed by atoms with Crippen LogP contribution in [0.2, 0.25) is 0 Å². The van der Waals surface area contributed by atoms with Gasteiger partial charge in [-0.3, -0.25) is 4.79 Å². The molecule has 2 aromatic rings. The fourth-order valence-corrected chi connectivity index (χ4v) is 2.70. The zero-order valence-corrected chi connectivity index (χ0v) is 14.5. The third-order valence-electron chi connectivity index (χ3n) is 3.40. The average molecular weight is 361 g/mol. The van der Waals surface area contributed by atoms with E-state index in [2.05, 4.69) is 51.7 Å². The van der Waals surface area contributed by atoms with E-state index in [-0.39, 0.29) is 5.91 Å². The van der Waals surface area contributed by atoms with Crippen LogP contribution in [0.5, 0.6) is 0 Å². The molecule has 2 rings (SSSR count). The van der Waals surface area contributed by atoms with Gasteiger partial charge in [0, 0.05) is 29.7 Å². The fourth-order valence-electron chi connectivity index (χ4n) is 2.07. The number of halogens is 1. The van der Waals surface area contributed by atoms with Crippen LogP contribution >= 0.6 is 15.9 Å². The lowest BCUT2D eigenvalue weighted by Gasteiger charge is -2.10. The van der Waals surface area contributed by atoms with E-state index in [1.54, 1.807) is 0 Å². The molecule has 0 aliphatic carbocycles. The van der Waals surface area contributed by atoms with E-state index in [0.29, 0.717) is 19.5 Å². The topological polar surface area (TPSA) is 41.1 Å². The maximum Gasteiger partial charge on any atom is 0.222 e. The number of carbonyl (C=O) groups is 1. The van der Waals surface area contributed by atoms with E-state index in [1.807, 2.05) is 31.2 Å². The second-order valence-electron chi connectivity index (χ2n) is 5.42. The molecule has 4 heteroatoms. The summed E-state index contributed by atoms with van der Waals surface area (Å²) in [6.07, 6.45) is 0.451. The van der Waals surface area contributed by atoms with Gasteiger partial charge in [0.2, 0.25) is 5.91 Å². The van der Waals surface area contributed by atoms with E-state index in [4.69, 9.17) is 0 Å². The Bertz CT molecular complexity index is 638. The predicted molar refractivity (Wildman–Crippen MR) is 95.0 cm³/mol. The van der Waals surface area contributed by atoms with E-state index < -0.39 is 0 Å². The highest BCUT2D eigenvalue weighted by molar-refractivity contribution is 9.10. The van der Waals surface area contributed by atoms with Crippen molar-refractivity contribution in [1.82, 2.24) is 5.32 Å². The van der Waals surface area contributed by atoms with Gasteiger partial charge in [-0.05, 0) is 53.0 Å². The fraction of sp³-hybridized carbons (Fsp3) is 0.278. The molecular formula is C18H21BrN2O. The average Bonchev–Trinajstić information content (AvgIpc) is 2.49. The monoisotopic (exact) mass is 360 g/mol. The molecule has 0 aliphatic heterocycles. The van der Waals surface area contributed by atoms with Crippen molar-refractivity contribution in [3.05, 3.63) is 63.6 Å². The second kappa shape index (κ2) is 7.99. The highest BCUT2D eigenvalue weighted by Crippen LogP contribution is 2.23. The number of anilines is 1. The molecule has 0 saturated carbocycles. The van der Waals surface area contributed by atoms with Crippen molar-refractivity contribution in [2.75, 3.05) is 11.9 Å². The van der Waals surface area contributed by atoms with Crippen molar-refractivity contribution in [2.24, 2.45) is 0 Å². The Hall–Kier alpha value is -1.81. The Morgan fingerprint density at radius 2 is 1.73 bits per heavy atom. The number of rotatable bonds is 6. The van der Waals surface area contributed by atoms with Crippen LogP contribution in [0.1, 0.15) is 23.1 Å². The molecule has 0 atom stereocenters. The highest BCUT2D eigenvalue weighted by atomic mass is 79.9. The first-order valence-corrected chi connectivity index (χ1v) is 8.16. The molecule has 0 saturated heterocycles. The van der Waals surface area contributed by atoms with Gasteiger partial charge < -0.3 is 10.6 Å². The number of hydrogen-bond donors (Lipinski definition) is 2. The van der Waals surface area contributed by atoms with E-state index in [0.717, 1.165) is 15.7 Å². The van der Waals surface area contributed by atoms with Gasteiger partial charge in [0.1, 0.15) is 0 Å². The Morgan fingerprint density at radius 3 is 2.41 bits per heavy atom. The molecule has 0 heterocycles. The Kier molecular flexibility index (Phi) is 6.01. The largest absolute Gasteiger partial charge is 0.384 e. The summed E-state index contributed by atoms with van der Waals surface area (Å²) in [4.78, 5) is 11.8. The minimum atomic E-state index is 0.0521. The second-order valence-corrected chi connectivity index (χ2v) is 6.28. The van der Waals surface area contributed by atoms with E-state index in [1.165, 1.54) is 11.1 Å². The summed E-state index contributed by atoms with van der Waals surface area (Å²) < 4.78 is 1.02. The lowest BCUT2D eigenvalue weighted by Crippen LogP contribution is -2.24. The number of nitrogens with one attached hydrogen (secondary N) is 2. The quantitative estimate of drug-likeness (QED) is 0.810. The molecule has 0 aromatic heterocycles. The zero-order valence-electron chi connectivity index (χ0n) is 12.9. The minimum Gasteiger partial charge on any atom is -0.384 e. The molecular weight excluding hydrogens is 340 g/mol. The van der Waals surface area contributed by atoms with Gasteiger partial charge in [-0.25, -0.2) is 0 Å². The number of benzene rings is 2. The van der Waals surface area contributed by atoms with Crippen LogP contribution in [0, 0.1) is 13.8 Å². The maximum atomic E-state index is 11.8. The molecule has 1 amide bonds. The Morgan fingerprint density at radius 1 is 1.05 bits per heavy atom. The van der Waals surface area contributed by atoms with Crippen LogP contribution in [0.15, 0.2) is 46.9 Å². The van der Waals surface area contributed by atoms with Crippen LogP contribution in [0.4, 0.5) is 5.69 Å². The van der Waals surface area contributed by atoms with E-state index in [9.17, 15) is 4.79 Å². The molecule has 0 unspecified atom stereocenters. The number of hydrogen-bond acceptors (Lipinski definition) is 2. The van der Waals surface area contributed by atoms with Gasteiger partial charge in [-0.15, -0.1) is 0 Å². The van der Waals surface area contributed by atoms with Crippen molar-refractivity contribution < 1.29 is 4.79 Å². The van der Waals surface area contributed by atoms with Crippen LogP contribution in [-0.2, 0) is 11.3 Å². The minimum absolute atomic E-state index is 0.0521. The first kappa shape index (κ1) is 16.6. The predicted octanol–water partition coefficient (Wildman–Crippen LogP) is 4.18. The van der Waals surface area contributed by atoms with Gasteiger partial charge in [-0.2, -0.15) is 0 Å². The molecule has 116 valence electrons. The molecule has 0 fully saturated rings. The highest BCUT2D eigenvalue weighted by Gasteiger charge is 2.03. The summed E-state index contributed by atoms with van der Waals surface area (Å²) >= 11 is 3.52. The van der Waals surface area contributed by atoms with Crippen molar-refractivity contribution in [1.29, 1.82) is 0 Å². The van der Waals surface area contributed by atoms with Gasteiger partial charge in [0.15, 0.2) is 0 Å². The normalized spacial score (nSPS) is 10.3. The third kappa shape index (κ3) is 5.19. The van der Waals surface area contributed by atoms with Gasteiger partial charge in [-0.1, -0.05) is 35.9 Å². The summed E-state index contributed by atoms with van der Waals surface area (Å²) in [6, 6.07) is 14.3. The van der Waals surface area contributed by atoms with Crippen LogP contribution in [0.3, 0.4) is 0 Å². The molecule has 0 spiro atoms. The first-order chi connectivity index (χ1) is 10.5. The maximum absolute atomic E-state index is 11.8. The number of amides is 1. The van der Waals surface area contributed by atoms with Crippen molar-refractivity contribution in [3.63, 3.8) is 0 Å². The molecule has 0 bridgehead atoms. The van der Waals surface area contributed by atoms with Crippen LogP contribution < -0.4 is 10.6 Å². The summed E-state index contributed by atoms with van der Waals surface area (Å²) in [5.74, 6) is 0.0521. The molecule has 2 N–H and O–H groups in total. The zero-order chi connectivity index (χ0) is 15.9. The standard InChI is InChI=1S/C18H21BrN2O/c1-13-3-6-15(7-4-13)12-21-18(22)9-10-20-17-8-5-14(2)11-16(17)19/h3-8,11,20H,9-10,12H2,1-2H3,(H,21,22). The van der Waals surface area contributed by atoms with Crippen LogP contribution in [0.25, 0.3) is 0 Å². The molecule has 0 aliphatic rings. The van der Waals surface area contributed by atoms with Gasteiger partial charge in [0.25, 0.3) is 0 Å². The number of aryl methyl sites for hydroxylation is 2. The Balaban J connectivity index is 1.72. The smallest absolute Gasteiger partial charge is 0.222 e. The van der Waals surface area contributed by atoms with Crippen LogP contribution in [-0.4, -0.2) is 12.5 Å². The van der Waals surface area contributed by atoms with E-state index >= 15 is 0 Å². The summed E-state index contributed by atoms with van der Waals surface area (Å²) in [6.45, 7) is 5.29. The van der Waals surface area contributed by atoms with Crippen molar-refractivity contribution in [3.8, 4) is 0 Å². The summed E-state index contributed by atoms with van der Waals surface area (Å²) in [5.41, 5.74) is 4.56. The number of carbonyl (C=O) groups excluding carboxylic acids is 1. The van der Waals surface area contributed by atoms with Crippen molar-refractivity contribution in [2.45, 2.75) is 26.8 Å². The molecule has 2 aromatic carbocycles. The summed E-state index contributed by atoms with van der Waals surface area (Å²) in [7, 11) is 0. The molecule has 22 heavy (non-hydrogen) atoms. The lowest BCUT2D eigenvalue weighted by molar-refractivity contribution is -0.121. The van der Waals surface area contributed by atoms with Gasteiger partial charge in [0.05, 0.1) is 0 Å². The third-order valence-corrected chi connectivity index (χ3v) is 4.06. The van der Waals surface area contributed by atoms with Crippen molar-refractivity contribution >= 4 is 27.5 Å². The molecule has 3 nitrogen and oxygen atoms in total. The SMILES string of the molecule is Cc1ccc(CNC(=O)CCNc2ccc(C)cc2Br)cc1. The first-order valence-electron chi connectivity index (χ1n) is 7.37. The summed E-state index contributed by atoms with van der Waals surface area (Å²) in [5, 5.41) is 6.21. The lowest BCUT2D eigenvalue weighted by atomic mass is 10.1. The Labute approximate surface area is 140 Å². The molecule has 0 radical (unpaired) electrons. The van der Waals surface area contributed by atoms with Gasteiger partial charge >= 0.3 is 0 Å².